The predicted molar refractivity (Wildman–Crippen MR) is 78.5 cm³/mol. The molecular weight excluding hydrogens is 270 g/mol. The summed E-state index contributed by atoms with van der Waals surface area (Å²) >= 11 is 0. The topological polar surface area (TPSA) is 65.6 Å². The van der Waals surface area contributed by atoms with Crippen molar-refractivity contribution >= 4 is 5.91 Å². The molecule has 1 N–H and O–H groups in total. The third-order valence-corrected chi connectivity index (χ3v) is 4.50. The lowest BCUT2D eigenvalue weighted by atomic mass is 9.98. The number of piperidine rings is 1. The van der Waals surface area contributed by atoms with Gasteiger partial charge in [-0.3, -0.25) is 14.5 Å². The molecule has 1 aromatic heterocycles. The Morgan fingerprint density at radius 3 is 2.95 bits per heavy atom. The molecule has 6 heteroatoms. The van der Waals surface area contributed by atoms with Gasteiger partial charge in [0.15, 0.2) is 0 Å². The molecule has 2 aliphatic rings. The van der Waals surface area contributed by atoms with Gasteiger partial charge in [0.25, 0.3) is 5.91 Å². The normalized spacial score (nSPS) is 26.5. The van der Waals surface area contributed by atoms with Gasteiger partial charge in [-0.2, -0.15) is 0 Å². The smallest absolute Gasteiger partial charge is 0.255 e. The van der Waals surface area contributed by atoms with Crippen LogP contribution in [0.4, 0.5) is 0 Å². The molecule has 1 aromatic rings. The maximum absolute atomic E-state index is 12.7. The largest absolute Gasteiger partial charge is 0.375 e. The number of likely N-dealkylation sites (N-methyl/N-ethyl adjacent to an activating group) is 1. The van der Waals surface area contributed by atoms with Crippen molar-refractivity contribution in [1.29, 1.82) is 0 Å². The van der Waals surface area contributed by atoms with Gasteiger partial charge >= 0.3 is 0 Å². The first-order chi connectivity index (χ1) is 10.1. The number of fused-ring (bicyclic) bond motifs is 1. The molecular formula is C15H21N3O3. The van der Waals surface area contributed by atoms with Crippen LogP contribution in [0.1, 0.15) is 22.5 Å². The van der Waals surface area contributed by atoms with Crippen LogP contribution < -0.4 is 5.56 Å². The van der Waals surface area contributed by atoms with Gasteiger partial charge in [0.2, 0.25) is 5.56 Å². The number of aryl methyl sites for hydroxylation is 1. The Morgan fingerprint density at radius 1 is 1.38 bits per heavy atom. The van der Waals surface area contributed by atoms with Crippen LogP contribution in [0.15, 0.2) is 16.9 Å². The fraction of sp³-hybridized carbons (Fsp3) is 0.600. The van der Waals surface area contributed by atoms with Gasteiger partial charge in [-0.25, -0.2) is 0 Å². The Bertz CT molecular complexity index is 598. The second kappa shape index (κ2) is 5.61. The Balaban J connectivity index is 1.78. The highest BCUT2D eigenvalue weighted by atomic mass is 16.5. The van der Waals surface area contributed by atoms with Crippen LogP contribution in [0.3, 0.4) is 0 Å². The van der Waals surface area contributed by atoms with E-state index in [9.17, 15) is 9.59 Å². The first-order valence-corrected chi connectivity index (χ1v) is 7.37. The minimum absolute atomic E-state index is 0.0128. The lowest BCUT2D eigenvalue weighted by molar-refractivity contribution is -0.0893. The molecule has 0 aliphatic carbocycles. The third kappa shape index (κ3) is 2.73. The Kier molecular flexibility index (Phi) is 3.82. The number of ether oxygens (including phenoxy) is 1. The van der Waals surface area contributed by atoms with E-state index in [1.54, 1.807) is 13.0 Å². The summed E-state index contributed by atoms with van der Waals surface area (Å²) in [6, 6.07) is 3.28. The molecule has 0 unspecified atom stereocenters. The lowest BCUT2D eigenvalue weighted by Gasteiger charge is -2.45. The van der Waals surface area contributed by atoms with Crippen molar-refractivity contribution in [3.8, 4) is 0 Å². The summed E-state index contributed by atoms with van der Waals surface area (Å²) in [5, 5.41) is 0. The summed E-state index contributed by atoms with van der Waals surface area (Å²) in [6.07, 6.45) is 1.09. The Labute approximate surface area is 123 Å². The molecule has 0 saturated carbocycles. The predicted octanol–water partition coefficient (Wildman–Crippen LogP) is 0.228. The van der Waals surface area contributed by atoms with Crippen molar-refractivity contribution in [3.63, 3.8) is 0 Å². The number of H-pyrrole nitrogens is 1. The van der Waals surface area contributed by atoms with E-state index >= 15 is 0 Å². The Morgan fingerprint density at radius 2 is 2.19 bits per heavy atom. The van der Waals surface area contributed by atoms with Crippen LogP contribution in [0.5, 0.6) is 0 Å². The van der Waals surface area contributed by atoms with Crippen LogP contribution in [0.25, 0.3) is 0 Å². The average Bonchev–Trinajstić information content (AvgIpc) is 2.47. The minimum Gasteiger partial charge on any atom is -0.375 e. The maximum Gasteiger partial charge on any atom is 0.255 e. The first-order valence-electron chi connectivity index (χ1n) is 7.37. The molecule has 6 nitrogen and oxygen atoms in total. The number of carbonyl (C=O) groups is 1. The number of likely N-dealkylation sites (tertiary alicyclic amines) is 1. The third-order valence-electron chi connectivity index (χ3n) is 4.50. The molecule has 3 rings (SSSR count). The van der Waals surface area contributed by atoms with E-state index in [2.05, 4.69) is 16.9 Å². The van der Waals surface area contributed by atoms with E-state index in [-0.39, 0.29) is 23.6 Å². The summed E-state index contributed by atoms with van der Waals surface area (Å²) in [7, 11) is 2.08. The van der Waals surface area contributed by atoms with Crippen LogP contribution >= 0.6 is 0 Å². The summed E-state index contributed by atoms with van der Waals surface area (Å²) in [4.78, 5) is 30.8. The highest BCUT2D eigenvalue weighted by Crippen LogP contribution is 2.23. The number of aromatic nitrogens is 1. The summed E-state index contributed by atoms with van der Waals surface area (Å²) in [6.45, 7) is 4.81. The minimum atomic E-state index is -0.178. The van der Waals surface area contributed by atoms with E-state index < -0.39 is 0 Å². The number of carbonyl (C=O) groups excluding carboxylic acids is 1. The van der Waals surface area contributed by atoms with E-state index in [0.29, 0.717) is 24.3 Å². The van der Waals surface area contributed by atoms with Crippen molar-refractivity contribution in [2.75, 3.05) is 33.3 Å². The standard InChI is InChI=1S/C15H21N3O3/c1-10-11(3-4-14(19)16-10)15(20)18-6-5-13-12(9-18)17(2)7-8-21-13/h3-4,12-13H,5-9H2,1-2H3,(H,16,19)/t12-,13+/m0/s1. The molecule has 2 atom stereocenters. The number of rotatable bonds is 1. The number of aromatic amines is 1. The molecule has 0 bridgehead atoms. The zero-order valence-corrected chi connectivity index (χ0v) is 12.5. The lowest BCUT2D eigenvalue weighted by Crippen LogP contribution is -2.59. The van der Waals surface area contributed by atoms with Crippen LogP contribution in [0.2, 0.25) is 0 Å². The summed E-state index contributed by atoms with van der Waals surface area (Å²) in [5.41, 5.74) is 1.03. The molecule has 3 heterocycles. The molecule has 2 fully saturated rings. The molecule has 0 radical (unpaired) electrons. The molecule has 0 spiro atoms. The fourth-order valence-corrected chi connectivity index (χ4v) is 3.21. The number of hydrogen-bond donors (Lipinski definition) is 1. The number of nitrogens with one attached hydrogen (secondary N) is 1. The van der Waals surface area contributed by atoms with Gasteiger partial charge in [-0.1, -0.05) is 0 Å². The zero-order chi connectivity index (χ0) is 15.0. The van der Waals surface area contributed by atoms with Crippen molar-refractivity contribution in [1.82, 2.24) is 14.8 Å². The molecule has 2 aliphatic heterocycles. The van der Waals surface area contributed by atoms with Crippen molar-refractivity contribution in [2.24, 2.45) is 0 Å². The van der Waals surface area contributed by atoms with Crippen LogP contribution in [-0.2, 0) is 4.74 Å². The molecule has 2 saturated heterocycles. The number of pyridine rings is 1. The Hall–Kier alpha value is -1.66. The zero-order valence-electron chi connectivity index (χ0n) is 12.5. The van der Waals surface area contributed by atoms with Crippen LogP contribution in [-0.4, -0.2) is 66.1 Å². The maximum atomic E-state index is 12.7. The van der Waals surface area contributed by atoms with Crippen molar-refractivity contribution in [2.45, 2.75) is 25.5 Å². The van der Waals surface area contributed by atoms with Gasteiger partial charge in [0.05, 0.1) is 24.3 Å². The second-order valence-electron chi connectivity index (χ2n) is 5.86. The highest BCUT2D eigenvalue weighted by Gasteiger charge is 2.37. The SMILES string of the molecule is Cc1[nH]c(=O)ccc1C(=O)N1CC[C@H]2OCCN(C)[C@H]2C1. The van der Waals surface area contributed by atoms with E-state index in [1.165, 1.54) is 6.07 Å². The van der Waals surface area contributed by atoms with Crippen LogP contribution in [0, 0.1) is 6.92 Å². The number of amides is 1. The highest BCUT2D eigenvalue weighted by molar-refractivity contribution is 5.95. The summed E-state index contributed by atoms with van der Waals surface area (Å²) in [5.74, 6) is -0.0128. The van der Waals surface area contributed by atoms with Crippen molar-refractivity contribution < 1.29 is 9.53 Å². The second-order valence-corrected chi connectivity index (χ2v) is 5.86. The van der Waals surface area contributed by atoms with Gasteiger partial charge in [-0.15, -0.1) is 0 Å². The number of nitrogens with zero attached hydrogens (tertiary/aromatic N) is 2. The van der Waals surface area contributed by atoms with E-state index in [4.69, 9.17) is 4.74 Å². The average molecular weight is 291 g/mol. The van der Waals surface area contributed by atoms with Crippen molar-refractivity contribution in [3.05, 3.63) is 33.7 Å². The van der Waals surface area contributed by atoms with Gasteiger partial charge in [-0.05, 0) is 26.5 Å². The molecule has 21 heavy (non-hydrogen) atoms. The summed E-state index contributed by atoms with van der Waals surface area (Å²) < 4.78 is 5.80. The fourth-order valence-electron chi connectivity index (χ4n) is 3.21. The molecule has 1 amide bonds. The van der Waals surface area contributed by atoms with Gasteiger partial charge in [0, 0.05) is 31.4 Å². The number of hydrogen-bond acceptors (Lipinski definition) is 4. The molecule has 114 valence electrons. The van der Waals surface area contributed by atoms with Gasteiger partial charge < -0.3 is 14.6 Å². The van der Waals surface area contributed by atoms with Gasteiger partial charge in [0.1, 0.15) is 0 Å². The first kappa shape index (κ1) is 14.3. The van der Waals surface area contributed by atoms with E-state index in [0.717, 1.165) is 19.6 Å². The monoisotopic (exact) mass is 291 g/mol. The molecule has 0 aromatic carbocycles. The number of morpholine rings is 1. The van der Waals surface area contributed by atoms with E-state index in [1.807, 2.05) is 4.90 Å². The quantitative estimate of drug-likeness (QED) is 0.804.